The van der Waals surface area contributed by atoms with Crippen LogP contribution in [0.5, 0.6) is 17.2 Å². The molecule has 0 radical (unpaired) electrons. The van der Waals surface area contributed by atoms with Crippen molar-refractivity contribution in [2.24, 2.45) is 0 Å². The minimum absolute atomic E-state index is 0.0277. The van der Waals surface area contributed by atoms with Gasteiger partial charge in [-0.25, -0.2) is 0 Å². The van der Waals surface area contributed by atoms with Gasteiger partial charge >= 0.3 is 0 Å². The summed E-state index contributed by atoms with van der Waals surface area (Å²) in [4.78, 5) is 0. The minimum atomic E-state index is -0.905. The number of hydrogen-bond acceptors (Lipinski definition) is 6. The summed E-state index contributed by atoms with van der Waals surface area (Å²) in [5, 5.41) is 38.9. The number of ether oxygens (including phenoxy) is 2. The van der Waals surface area contributed by atoms with Gasteiger partial charge in [-0.1, -0.05) is 18.2 Å². The Morgan fingerprint density at radius 3 is 2.25 bits per heavy atom. The fourth-order valence-corrected chi connectivity index (χ4v) is 2.49. The molecule has 0 saturated carbocycles. The van der Waals surface area contributed by atoms with Crippen molar-refractivity contribution in [3.05, 3.63) is 53.6 Å². The number of aliphatic hydroxyl groups is 2. The highest BCUT2D eigenvalue weighted by atomic mass is 16.5. The largest absolute Gasteiger partial charge is 0.508 e. The van der Waals surface area contributed by atoms with Gasteiger partial charge in [0, 0.05) is 5.92 Å². The lowest BCUT2D eigenvalue weighted by Crippen LogP contribution is -2.18. The van der Waals surface area contributed by atoms with E-state index in [0.29, 0.717) is 16.9 Å². The molecule has 0 spiro atoms. The van der Waals surface area contributed by atoms with E-state index in [1.54, 1.807) is 24.3 Å². The summed E-state index contributed by atoms with van der Waals surface area (Å²) in [7, 11) is 1.46. The summed E-state index contributed by atoms with van der Waals surface area (Å²) in [5.74, 6) is -0.0352. The number of rotatable bonds is 8. The van der Waals surface area contributed by atoms with Crippen molar-refractivity contribution in [3.63, 3.8) is 0 Å². The number of aromatic hydroxyl groups is 2. The van der Waals surface area contributed by atoms with E-state index >= 15 is 0 Å². The maximum Gasteiger partial charge on any atom is 0.160 e. The average Bonchev–Trinajstić information content (AvgIpc) is 2.59. The second-order valence-electron chi connectivity index (χ2n) is 5.37. The number of phenols is 2. The van der Waals surface area contributed by atoms with Crippen molar-refractivity contribution in [3.8, 4) is 17.2 Å². The Morgan fingerprint density at radius 1 is 1.00 bits per heavy atom. The summed E-state index contributed by atoms with van der Waals surface area (Å²) >= 11 is 0. The summed E-state index contributed by atoms with van der Waals surface area (Å²) in [6.45, 7) is 0.200. The molecule has 4 N–H and O–H groups in total. The molecule has 6 nitrogen and oxygen atoms in total. The zero-order valence-corrected chi connectivity index (χ0v) is 13.4. The van der Waals surface area contributed by atoms with Crippen molar-refractivity contribution >= 4 is 0 Å². The fourth-order valence-electron chi connectivity index (χ4n) is 2.49. The van der Waals surface area contributed by atoms with E-state index in [4.69, 9.17) is 14.6 Å². The summed E-state index contributed by atoms with van der Waals surface area (Å²) in [6.07, 6.45) is -0.905. The van der Waals surface area contributed by atoms with Crippen molar-refractivity contribution in [2.75, 3.05) is 26.9 Å². The first-order chi connectivity index (χ1) is 11.6. The highest BCUT2D eigenvalue weighted by Gasteiger charge is 2.24. The second kappa shape index (κ2) is 8.54. The van der Waals surface area contributed by atoms with Gasteiger partial charge in [-0.3, -0.25) is 0 Å². The number of methoxy groups -OCH3 is 1. The number of hydrogen-bond donors (Lipinski definition) is 4. The van der Waals surface area contributed by atoms with Crippen LogP contribution < -0.4 is 4.74 Å². The van der Waals surface area contributed by atoms with Gasteiger partial charge in [0.15, 0.2) is 11.5 Å². The number of aliphatic hydroxyl groups excluding tert-OH is 2. The van der Waals surface area contributed by atoms with Gasteiger partial charge in [0.1, 0.15) is 5.75 Å². The molecule has 0 aromatic heterocycles. The maximum atomic E-state index is 10.7. The molecule has 0 saturated heterocycles. The van der Waals surface area contributed by atoms with E-state index in [9.17, 15) is 15.3 Å². The van der Waals surface area contributed by atoms with Crippen molar-refractivity contribution in [1.82, 2.24) is 0 Å². The first-order valence-corrected chi connectivity index (χ1v) is 7.59. The van der Waals surface area contributed by atoms with Crippen LogP contribution in [0.4, 0.5) is 0 Å². The molecule has 0 aliphatic rings. The predicted molar refractivity (Wildman–Crippen MR) is 88.4 cm³/mol. The minimum Gasteiger partial charge on any atom is -0.508 e. The molecule has 2 rings (SSSR count). The number of phenolic OH excluding ortho intramolecular Hbond substituents is 2. The lowest BCUT2D eigenvalue weighted by Gasteiger charge is -2.24. The Labute approximate surface area is 140 Å². The SMILES string of the molecule is COc1ccc([C@@H](COCCO)[C@@H](O)c2ccc(O)cc2)cc1O. The van der Waals surface area contributed by atoms with E-state index in [2.05, 4.69) is 0 Å². The van der Waals surface area contributed by atoms with Gasteiger partial charge in [0.05, 0.1) is 33.0 Å². The topological polar surface area (TPSA) is 99.4 Å². The molecule has 2 aromatic carbocycles. The Balaban J connectivity index is 2.29. The monoisotopic (exact) mass is 334 g/mol. The maximum absolute atomic E-state index is 10.7. The lowest BCUT2D eigenvalue weighted by molar-refractivity contribution is 0.0427. The van der Waals surface area contributed by atoms with Crippen LogP contribution in [0, 0.1) is 0 Å². The fraction of sp³-hybridized carbons (Fsp3) is 0.333. The lowest BCUT2D eigenvalue weighted by atomic mass is 9.89. The molecular weight excluding hydrogens is 312 g/mol. The van der Waals surface area contributed by atoms with E-state index in [1.165, 1.54) is 25.3 Å². The van der Waals surface area contributed by atoms with Crippen LogP contribution >= 0.6 is 0 Å². The molecule has 130 valence electrons. The molecule has 6 heteroatoms. The standard InChI is InChI=1S/C18H22O6/c1-23-17-7-4-13(10-16(17)21)15(11-24-9-8-19)18(22)12-2-5-14(20)6-3-12/h2-7,10,15,18-22H,8-9,11H2,1H3/t15-,18+/m1/s1. The Kier molecular flexibility index (Phi) is 6.43. The molecule has 24 heavy (non-hydrogen) atoms. The smallest absolute Gasteiger partial charge is 0.160 e. The number of benzene rings is 2. The average molecular weight is 334 g/mol. The van der Waals surface area contributed by atoms with Gasteiger partial charge in [-0.05, 0) is 35.4 Å². The molecule has 0 unspecified atom stereocenters. The zero-order valence-electron chi connectivity index (χ0n) is 13.4. The van der Waals surface area contributed by atoms with Crippen LogP contribution in [0.25, 0.3) is 0 Å². The molecule has 0 heterocycles. The van der Waals surface area contributed by atoms with Crippen LogP contribution in [0.15, 0.2) is 42.5 Å². The summed E-state index contributed by atoms with van der Waals surface area (Å²) in [5.41, 5.74) is 1.28. The normalized spacial score (nSPS) is 13.5. The van der Waals surface area contributed by atoms with Crippen LogP contribution in [-0.4, -0.2) is 47.4 Å². The van der Waals surface area contributed by atoms with Crippen LogP contribution in [0.3, 0.4) is 0 Å². The summed E-state index contributed by atoms with van der Waals surface area (Å²) < 4.78 is 10.4. The molecule has 0 aliphatic heterocycles. The predicted octanol–water partition coefficient (Wildman–Crippen LogP) is 1.93. The van der Waals surface area contributed by atoms with Crippen molar-refractivity contribution in [2.45, 2.75) is 12.0 Å². The highest BCUT2D eigenvalue weighted by molar-refractivity contribution is 5.43. The van der Waals surface area contributed by atoms with Gasteiger partial charge < -0.3 is 29.9 Å². The van der Waals surface area contributed by atoms with Crippen molar-refractivity contribution in [1.29, 1.82) is 0 Å². The zero-order chi connectivity index (χ0) is 17.5. The molecule has 0 amide bonds. The molecule has 0 aliphatic carbocycles. The van der Waals surface area contributed by atoms with E-state index in [1.807, 2.05) is 0 Å². The van der Waals surface area contributed by atoms with Crippen molar-refractivity contribution < 1.29 is 29.9 Å². The second-order valence-corrected chi connectivity index (χ2v) is 5.37. The molecule has 0 bridgehead atoms. The first kappa shape index (κ1) is 18.1. The highest BCUT2D eigenvalue weighted by Crippen LogP contribution is 2.36. The van der Waals surface area contributed by atoms with Gasteiger partial charge in [0.25, 0.3) is 0 Å². The summed E-state index contributed by atoms with van der Waals surface area (Å²) in [6, 6.07) is 11.1. The van der Waals surface area contributed by atoms with E-state index in [-0.39, 0.29) is 31.3 Å². The molecular formula is C18H22O6. The van der Waals surface area contributed by atoms with E-state index < -0.39 is 12.0 Å². The third-order valence-electron chi connectivity index (χ3n) is 3.78. The van der Waals surface area contributed by atoms with E-state index in [0.717, 1.165) is 0 Å². The van der Waals surface area contributed by atoms with Gasteiger partial charge in [-0.15, -0.1) is 0 Å². The van der Waals surface area contributed by atoms with Crippen LogP contribution in [-0.2, 0) is 4.74 Å². The molecule has 2 atom stereocenters. The van der Waals surface area contributed by atoms with Gasteiger partial charge in [-0.2, -0.15) is 0 Å². The quantitative estimate of drug-likeness (QED) is 0.551. The first-order valence-electron chi connectivity index (χ1n) is 7.59. The Hall–Kier alpha value is -2.28. The van der Waals surface area contributed by atoms with Crippen LogP contribution in [0.1, 0.15) is 23.1 Å². The van der Waals surface area contributed by atoms with Crippen LogP contribution in [0.2, 0.25) is 0 Å². The van der Waals surface area contributed by atoms with Gasteiger partial charge in [0.2, 0.25) is 0 Å². The Morgan fingerprint density at radius 2 is 1.67 bits per heavy atom. The third kappa shape index (κ3) is 4.38. The molecule has 0 fully saturated rings. The Bertz CT molecular complexity index is 640. The molecule has 2 aromatic rings. The third-order valence-corrected chi connectivity index (χ3v) is 3.78.